The second-order valence-electron chi connectivity index (χ2n) is 7.04. The lowest BCUT2D eigenvalue weighted by atomic mass is 9.95. The molecule has 0 atom stereocenters. The summed E-state index contributed by atoms with van der Waals surface area (Å²) in [5.74, 6) is -2.24. The normalized spacial score (nSPS) is 19.3. The van der Waals surface area contributed by atoms with Crippen molar-refractivity contribution in [3.63, 3.8) is 0 Å². The Kier molecular flexibility index (Phi) is 5.67. The van der Waals surface area contributed by atoms with Gasteiger partial charge in [-0.3, -0.25) is 0 Å². The van der Waals surface area contributed by atoms with Crippen LogP contribution < -0.4 is 0 Å². The summed E-state index contributed by atoms with van der Waals surface area (Å²) in [6, 6.07) is 15.0. The Hall–Kier alpha value is -2.28. The molecule has 1 aliphatic rings. The highest BCUT2D eigenvalue weighted by Crippen LogP contribution is 2.31. The summed E-state index contributed by atoms with van der Waals surface area (Å²) in [6.45, 7) is 2.21. The molecule has 4 rings (SSSR count). The summed E-state index contributed by atoms with van der Waals surface area (Å²) in [4.78, 5) is 0. The molecular weight excluding hydrogens is 397 g/mol. The number of hydrogen-bond acceptors (Lipinski definition) is 3. The van der Waals surface area contributed by atoms with Gasteiger partial charge in [-0.2, -0.15) is 0 Å². The van der Waals surface area contributed by atoms with Crippen LogP contribution in [0.5, 0.6) is 0 Å². The zero-order valence-electron chi connectivity index (χ0n) is 15.7. The third-order valence-electron chi connectivity index (χ3n) is 5.12. The Bertz CT molecular complexity index is 1030. The molecule has 0 unspecified atom stereocenters. The molecular formula is C23H19F3O2S. The van der Waals surface area contributed by atoms with Gasteiger partial charge in [-0.25, -0.2) is 13.2 Å². The quantitative estimate of drug-likeness (QED) is 0.521. The van der Waals surface area contributed by atoms with Crippen molar-refractivity contribution in [3.05, 3.63) is 83.2 Å². The lowest BCUT2D eigenvalue weighted by Crippen LogP contribution is -2.27. The van der Waals surface area contributed by atoms with Crippen LogP contribution in [0.4, 0.5) is 13.2 Å². The minimum Gasteiger partial charge on any atom is -0.343 e. The van der Waals surface area contributed by atoms with Gasteiger partial charge in [0.1, 0.15) is 5.82 Å². The van der Waals surface area contributed by atoms with E-state index >= 15 is 0 Å². The molecule has 1 heterocycles. The van der Waals surface area contributed by atoms with Gasteiger partial charge in [-0.1, -0.05) is 48.5 Å². The van der Waals surface area contributed by atoms with E-state index in [1.54, 1.807) is 42.5 Å². The van der Waals surface area contributed by atoms with Gasteiger partial charge in [0, 0.05) is 11.5 Å². The van der Waals surface area contributed by atoms with E-state index in [-0.39, 0.29) is 22.9 Å². The van der Waals surface area contributed by atoms with E-state index in [0.29, 0.717) is 29.9 Å². The predicted octanol–water partition coefficient (Wildman–Crippen LogP) is 6.09. The van der Waals surface area contributed by atoms with Gasteiger partial charge < -0.3 is 9.47 Å². The van der Waals surface area contributed by atoms with Crippen molar-refractivity contribution in [2.75, 3.05) is 13.2 Å². The molecule has 29 heavy (non-hydrogen) atoms. The molecule has 6 heteroatoms. The summed E-state index contributed by atoms with van der Waals surface area (Å²) < 4.78 is 53.4. The molecule has 0 amide bonds. The molecule has 0 radical (unpaired) electrons. The fraction of sp³-hybridized carbons (Fsp3) is 0.217. The van der Waals surface area contributed by atoms with Crippen molar-refractivity contribution in [1.82, 2.24) is 0 Å². The van der Waals surface area contributed by atoms with E-state index in [9.17, 15) is 13.2 Å². The molecule has 3 aromatic carbocycles. The van der Waals surface area contributed by atoms with E-state index < -0.39 is 17.3 Å². The molecule has 0 bridgehead atoms. The number of aryl methyl sites for hydroxylation is 1. The highest BCUT2D eigenvalue weighted by Gasteiger charge is 2.24. The summed E-state index contributed by atoms with van der Waals surface area (Å²) in [6.07, 6.45) is 0. The molecule has 2 nitrogen and oxygen atoms in total. The second-order valence-corrected chi connectivity index (χ2v) is 7.46. The molecule has 0 N–H and O–H groups in total. The highest BCUT2D eigenvalue weighted by atomic mass is 32.1. The standard InChI is InChI=1S/C23H19F3O2S/c1-13-2-8-19(22(26)21(13)25)15-5-3-14(4-6-15)16-7-9-18(20(24)10-16)17-11-27-23(29)28-12-17/h2-10,17,23,29H,11-12H2,1H3. The van der Waals surface area contributed by atoms with Gasteiger partial charge in [0.05, 0.1) is 13.2 Å². The minimum atomic E-state index is -0.867. The van der Waals surface area contributed by atoms with E-state index in [2.05, 4.69) is 12.6 Å². The van der Waals surface area contributed by atoms with Crippen LogP contribution >= 0.6 is 12.6 Å². The maximum atomic E-state index is 14.7. The number of halogens is 3. The van der Waals surface area contributed by atoms with Crippen LogP contribution in [-0.2, 0) is 9.47 Å². The lowest BCUT2D eigenvalue weighted by Gasteiger charge is -2.27. The third-order valence-corrected chi connectivity index (χ3v) is 5.42. The molecule has 150 valence electrons. The van der Waals surface area contributed by atoms with Gasteiger partial charge in [-0.15, -0.1) is 12.6 Å². The molecule has 1 aliphatic heterocycles. The molecule has 1 fully saturated rings. The molecule has 3 aromatic rings. The first kappa shape index (κ1) is 20.0. The summed E-state index contributed by atoms with van der Waals surface area (Å²) in [5.41, 5.74) is 2.44. The zero-order valence-corrected chi connectivity index (χ0v) is 16.6. The molecule has 0 aromatic heterocycles. The van der Waals surface area contributed by atoms with E-state index in [1.165, 1.54) is 13.0 Å². The highest BCUT2D eigenvalue weighted by molar-refractivity contribution is 7.80. The summed E-state index contributed by atoms with van der Waals surface area (Å²) in [5, 5.41) is 0. The summed E-state index contributed by atoms with van der Waals surface area (Å²) in [7, 11) is 0. The first-order chi connectivity index (χ1) is 13.9. The third kappa shape index (κ3) is 4.06. The maximum absolute atomic E-state index is 14.7. The second kappa shape index (κ2) is 8.22. The van der Waals surface area contributed by atoms with Crippen LogP contribution in [0.3, 0.4) is 0 Å². The Morgan fingerprint density at radius 1 is 0.793 bits per heavy atom. The maximum Gasteiger partial charge on any atom is 0.204 e. The summed E-state index contributed by atoms with van der Waals surface area (Å²) >= 11 is 4.07. The number of hydrogen-bond donors (Lipinski definition) is 1. The molecule has 1 saturated heterocycles. The minimum absolute atomic E-state index is 0.186. The van der Waals surface area contributed by atoms with Crippen molar-refractivity contribution in [2.45, 2.75) is 18.5 Å². The molecule has 0 aliphatic carbocycles. The first-order valence-electron chi connectivity index (χ1n) is 9.20. The topological polar surface area (TPSA) is 18.5 Å². The largest absolute Gasteiger partial charge is 0.343 e. The number of ether oxygens (including phenoxy) is 2. The Morgan fingerprint density at radius 3 is 2.07 bits per heavy atom. The van der Waals surface area contributed by atoms with Crippen molar-refractivity contribution >= 4 is 12.6 Å². The monoisotopic (exact) mass is 416 g/mol. The van der Waals surface area contributed by atoms with E-state index in [0.717, 1.165) is 5.56 Å². The number of rotatable bonds is 3. The van der Waals surface area contributed by atoms with Crippen LogP contribution in [0.15, 0.2) is 54.6 Å². The van der Waals surface area contributed by atoms with Crippen LogP contribution in [0.1, 0.15) is 17.0 Å². The Balaban J connectivity index is 1.58. The number of benzene rings is 3. The Morgan fingerprint density at radius 2 is 1.41 bits per heavy atom. The van der Waals surface area contributed by atoms with Crippen molar-refractivity contribution in [2.24, 2.45) is 0 Å². The fourth-order valence-corrected chi connectivity index (χ4v) is 3.59. The molecule has 0 spiro atoms. The van der Waals surface area contributed by atoms with Crippen LogP contribution in [0.25, 0.3) is 22.3 Å². The fourth-order valence-electron chi connectivity index (χ4n) is 3.42. The van der Waals surface area contributed by atoms with Crippen LogP contribution in [-0.4, -0.2) is 18.8 Å². The van der Waals surface area contributed by atoms with Gasteiger partial charge in [0.25, 0.3) is 0 Å². The van der Waals surface area contributed by atoms with Gasteiger partial charge >= 0.3 is 0 Å². The van der Waals surface area contributed by atoms with Crippen molar-refractivity contribution in [1.29, 1.82) is 0 Å². The molecule has 0 saturated carbocycles. The predicted molar refractivity (Wildman–Crippen MR) is 109 cm³/mol. The van der Waals surface area contributed by atoms with Gasteiger partial charge in [0.15, 0.2) is 11.6 Å². The zero-order chi connectivity index (χ0) is 20.5. The SMILES string of the molecule is Cc1ccc(-c2ccc(-c3ccc(C4COC(S)OC4)c(F)c3)cc2)c(F)c1F. The van der Waals surface area contributed by atoms with Crippen molar-refractivity contribution in [3.8, 4) is 22.3 Å². The van der Waals surface area contributed by atoms with Crippen molar-refractivity contribution < 1.29 is 22.6 Å². The van der Waals surface area contributed by atoms with Crippen LogP contribution in [0.2, 0.25) is 0 Å². The first-order valence-corrected chi connectivity index (χ1v) is 9.72. The van der Waals surface area contributed by atoms with Gasteiger partial charge in [0.2, 0.25) is 5.62 Å². The Labute approximate surface area is 172 Å². The van der Waals surface area contributed by atoms with E-state index in [4.69, 9.17) is 9.47 Å². The van der Waals surface area contributed by atoms with Gasteiger partial charge in [-0.05, 0) is 40.8 Å². The van der Waals surface area contributed by atoms with E-state index in [1.807, 2.05) is 6.07 Å². The number of thiol groups is 1. The van der Waals surface area contributed by atoms with Crippen LogP contribution in [0, 0.1) is 24.4 Å². The average Bonchev–Trinajstić information content (AvgIpc) is 2.73. The average molecular weight is 416 g/mol. The lowest BCUT2D eigenvalue weighted by molar-refractivity contribution is -0.132. The smallest absolute Gasteiger partial charge is 0.204 e.